The summed E-state index contributed by atoms with van der Waals surface area (Å²) in [4.78, 5) is 2.55. The number of hydrogen-bond donors (Lipinski definition) is 0. The first-order chi connectivity index (χ1) is 11.8. The van der Waals surface area contributed by atoms with E-state index in [-0.39, 0.29) is 12.4 Å². The number of fused-ring (bicyclic) bond motifs is 1. The quantitative estimate of drug-likeness (QED) is 0.501. The van der Waals surface area contributed by atoms with Gasteiger partial charge >= 0.3 is 0 Å². The summed E-state index contributed by atoms with van der Waals surface area (Å²) in [5, 5.41) is 0. The van der Waals surface area contributed by atoms with Crippen LogP contribution in [0.3, 0.4) is 0 Å². The Morgan fingerprint density at radius 2 is 1.68 bits per heavy atom. The largest absolute Gasteiger partial charge is 0.294 e. The third-order valence-corrected chi connectivity index (χ3v) is 5.23. The van der Waals surface area contributed by atoms with Gasteiger partial charge in [0.15, 0.2) is 0 Å². The van der Waals surface area contributed by atoms with Crippen molar-refractivity contribution >= 4 is 28.3 Å². The molecule has 0 amide bonds. The molecular weight excluding hydrogens is 394 g/mol. The molecular formula is C22H21BrClN. The summed E-state index contributed by atoms with van der Waals surface area (Å²) in [6, 6.07) is 26.1. The lowest BCUT2D eigenvalue weighted by atomic mass is 9.91. The molecule has 0 N–H and O–H groups in total. The standard InChI is InChI=1S/C22H20BrN.ClH/c23-20-10-4-9-19(14-20)21-11-5-8-18-12-13-24(16-22(18)21)15-17-6-2-1-3-7-17;/h1-11,14H,12-13,15-16H2;1H. The van der Waals surface area contributed by atoms with E-state index in [0.29, 0.717) is 0 Å². The van der Waals surface area contributed by atoms with Gasteiger partial charge in [-0.3, -0.25) is 4.90 Å². The van der Waals surface area contributed by atoms with Crippen molar-refractivity contribution < 1.29 is 0 Å². The highest BCUT2D eigenvalue weighted by Gasteiger charge is 2.19. The Labute approximate surface area is 164 Å². The summed E-state index contributed by atoms with van der Waals surface area (Å²) in [6.45, 7) is 3.17. The van der Waals surface area contributed by atoms with Crippen molar-refractivity contribution in [2.75, 3.05) is 6.54 Å². The molecule has 0 fully saturated rings. The molecule has 128 valence electrons. The van der Waals surface area contributed by atoms with Crippen molar-refractivity contribution in [3.8, 4) is 11.1 Å². The van der Waals surface area contributed by atoms with Crippen molar-refractivity contribution in [2.24, 2.45) is 0 Å². The van der Waals surface area contributed by atoms with E-state index in [0.717, 1.165) is 30.5 Å². The molecule has 4 rings (SSSR count). The van der Waals surface area contributed by atoms with Gasteiger partial charge < -0.3 is 0 Å². The molecule has 1 nitrogen and oxygen atoms in total. The lowest BCUT2D eigenvalue weighted by Crippen LogP contribution is -2.30. The molecule has 0 atom stereocenters. The van der Waals surface area contributed by atoms with Crippen molar-refractivity contribution in [3.63, 3.8) is 0 Å². The molecule has 1 heterocycles. The molecule has 3 aromatic rings. The Hall–Kier alpha value is -1.61. The molecule has 0 aliphatic carbocycles. The van der Waals surface area contributed by atoms with Crippen molar-refractivity contribution in [1.29, 1.82) is 0 Å². The number of hydrogen-bond acceptors (Lipinski definition) is 1. The van der Waals surface area contributed by atoms with Crippen LogP contribution in [-0.2, 0) is 19.5 Å². The first kappa shape index (κ1) is 18.2. The molecule has 0 saturated heterocycles. The lowest BCUT2D eigenvalue weighted by molar-refractivity contribution is 0.246. The van der Waals surface area contributed by atoms with Crippen LogP contribution < -0.4 is 0 Å². The molecule has 0 saturated carbocycles. The average Bonchev–Trinajstić information content (AvgIpc) is 2.62. The third-order valence-electron chi connectivity index (χ3n) is 4.74. The van der Waals surface area contributed by atoms with Gasteiger partial charge in [0.05, 0.1) is 0 Å². The minimum atomic E-state index is 0. The normalized spacial score (nSPS) is 13.8. The summed E-state index contributed by atoms with van der Waals surface area (Å²) in [6.07, 6.45) is 1.13. The van der Waals surface area contributed by atoms with Gasteiger partial charge in [-0.05, 0) is 46.4 Å². The van der Waals surface area contributed by atoms with Gasteiger partial charge in [-0.1, -0.05) is 76.6 Å². The number of rotatable bonds is 3. The zero-order valence-corrected chi connectivity index (χ0v) is 16.4. The van der Waals surface area contributed by atoms with Crippen molar-refractivity contribution in [3.05, 3.63) is 94.0 Å². The average molecular weight is 415 g/mol. The molecule has 3 aromatic carbocycles. The first-order valence-electron chi connectivity index (χ1n) is 8.42. The van der Waals surface area contributed by atoms with Crippen LogP contribution in [0.2, 0.25) is 0 Å². The van der Waals surface area contributed by atoms with Crippen LogP contribution in [0.1, 0.15) is 16.7 Å². The van der Waals surface area contributed by atoms with Crippen LogP contribution >= 0.6 is 28.3 Å². The SMILES string of the molecule is Brc1cccc(-c2cccc3c2CN(Cc2ccccc2)CC3)c1.Cl. The van der Waals surface area contributed by atoms with Crippen LogP contribution in [0.4, 0.5) is 0 Å². The first-order valence-corrected chi connectivity index (χ1v) is 9.22. The second-order valence-electron chi connectivity index (χ2n) is 6.40. The maximum Gasteiger partial charge on any atom is 0.0246 e. The minimum absolute atomic E-state index is 0. The molecule has 1 aliphatic rings. The molecule has 0 spiro atoms. The number of halogens is 2. The second kappa shape index (κ2) is 8.18. The molecule has 0 bridgehead atoms. The molecule has 0 radical (unpaired) electrons. The van der Waals surface area contributed by atoms with E-state index < -0.39 is 0 Å². The second-order valence-corrected chi connectivity index (χ2v) is 7.32. The van der Waals surface area contributed by atoms with E-state index in [1.54, 1.807) is 0 Å². The minimum Gasteiger partial charge on any atom is -0.294 e. The zero-order valence-electron chi connectivity index (χ0n) is 14.0. The smallest absolute Gasteiger partial charge is 0.0246 e. The Balaban J connectivity index is 0.00000182. The molecule has 1 aliphatic heterocycles. The summed E-state index contributed by atoms with van der Waals surface area (Å²) < 4.78 is 1.13. The van der Waals surface area contributed by atoms with Gasteiger partial charge in [-0.2, -0.15) is 0 Å². The Morgan fingerprint density at radius 3 is 2.48 bits per heavy atom. The molecule has 3 heteroatoms. The predicted octanol–water partition coefficient (Wildman–Crippen LogP) is 6.10. The Morgan fingerprint density at radius 1 is 0.880 bits per heavy atom. The predicted molar refractivity (Wildman–Crippen MR) is 111 cm³/mol. The van der Waals surface area contributed by atoms with E-state index in [1.807, 2.05) is 0 Å². The van der Waals surface area contributed by atoms with Crippen molar-refractivity contribution in [2.45, 2.75) is 19.5 Å². The van der Waals surface area contributed by atoms with Crippen LogP contribution in [0, 0.1) is 0 Å². The van der Waals surface area contributed by atoms with Crippen LogP contribution in [0.15, 0.2) is 77.3 Å². The molecule has 0 aromatic heterocycles. The fraction of sp³-hybridized carbons (Fsp3) is 0.182. The topological polar surface area (TPSA) is 3.24 Å². The van der Waals surface area contributed by atoms with Gasteiger partial charge in [0.1, 0.15) is 0 Å². The van der Waals surface area contributed by atoms with E-state index >= 15 is 0 Å². The fourth-order valence-electron chi connectivity index (χ4n) is 3.54. The lowest BCUT2D eigenvalue weighted by Gasteiger charge is -2.30. The highest BCUT2D eigenvalue weighted by molar-refractivity contribution is 9.10. The Kier molecular flexibility index (Phi) is 5.95. The van der Waals surface area contributed by atoms with Gasteiger partial charge in [-0.15, -0.1) is 12.4 Å². The van der Waals surface area contributed by atoms with Gasteiger partial charge in [0.2, 0.25) is 0 Å². The highest BCUT2D eigenvalue weighted by Crippen LogP contribution is 2.32. The fourth-order valence-corrected chi connectivity index (χ4v) is 3.94. The highest BCUT2D eigenvalue weighted by atomic mass is 79.9. The summed E-state index contributed by atoms with van der Waals surface area (Å²) in [5.41, 5.74) is 7.03. The van der Waals surface area contributed by atoms with E-state index in [9.17, 15) is 0 Å². The van der Waals surface area contributed by atoms with Gasteiger partial charge in [-0.25, -0.2) is 0 Å². The Bertz CT molecular complexity index is 848. The van der Waals surface area contributed by atoms with Crippen molar-refractivity contribution in [1.82, 2.24) is 4.90 Å². The van der Waals surface area contributed by atoms with Crippen LogP contribution in [-0.4, -0.2) is 11.4 Å². The summed E-state index contributed by atoms with van der Waals surface area (Å²) in [7, 11) is 0. The third kappa shape index (κ3) is 4.14. The van der Waals surface area contributed by atoms with Crippen LogP contribution in [0.25, 0.3) is 11.1 Å². The number of benzene rings is 3. The molecule has 25 heavy (non-hydrogen) atoms. The maximum absolute atomic E-state index is 3.60. The van der Waals surface area contributed by atoms with E-state index in [2.05, 4.69) is 93.6 Å². The van der Waals surface area contributed by atoms with E-state index in [1.165, 1.54) is 27.8 Å². The zero-order chi connectivity index (χ0) is 16.4. The maximum atomic E-state index is 3.60. The number of nitrogens with zero attached hydrogens (tertiary/aromatic N) is 1. The summed E-state index contributed by atoms with van der Waals surface area (Å²) in [5.74, 6) is 0. The van der Waals surface area contributed by atoms with Crippen LogP contribution in [0.5, 0.6) is 0 Å². The van der Waals surface area contributed by atoms with Gasteiger partial charge in [0.25, 0.3) is 0 Å². The van der Waals surface area contributed by atoms with E-state index in [4.69, 9.17) is 0 Å². The van der Waals surface area contributed by atoms with Gasteiger partial charge in [0, 0.05) is 24.1 Å². The monoisotopic (exact) mass is 413 g/mol. The molecule has 0 unspecified atom stereocenters. The summed E-state index contributed by atoms with van der Waals surface area (Å²) >= 11 is 3.60.